The largest absolute Gasteiger partial charge is 0.384 e. The number of halogens is 2. The molecule has 7 heteroatoms. The van der Waals surface area contributed by atoms with E-state index in [4.69, 9.17) is 9.26 Å². The predicted molar refractivity (Wildman–Crippen MR) is 90.3 cm³/mol. The first kappa shape index (κ1) is 17.4. The lowest BCUT2D eigenvalue weighted by Gasteiger charge is -2.33. The van der Waals surface area contributed by atoms with Crippen LogP contribution < -0.4 is 5.32 Å². The minimum absolute atomic E-state index is 0. The summed E-state index contributed by atoms with van der Waals surface area (Å²) in [5.41, 5.74) is 0.776. The van der Waals surface area contributed by atoms with E-state index >= 15 is 0 Å². The summed E-state index contributed by atoms with van der Waals surface area (Å²) in [6, 6.07) is 7.90. The lowest BCUT2D eigenvalue weighted by atomic mass is 9.79. The number of aromatic nitrogens is 2. The Morgan fingerprint density at radius 2 is 2.14 bits per heavy atom. The molecule has 0 amide bonds. The van der Waals surface area contributed by atoms with Crippen molar-refractivity contribution in [3.63, 3.8) is 0 Å². The van der Waals surface area contributed by atoms with Crippen molar-refractivity contribution >= 4 is 28.3 Å². The molecule has 0 spiro atoms. The van der Waals surface area contributed by atoms with Gasteiger partial charge < -0.3 is 14.6 Å². The fourth-order valence-corrected chi connectivity index (χ4v) is 3.18. The molecule has 1 aromatic carbocycles. The molecule has 1 N–H and O–H groups in total. The van der Waals surface area contributed by atoms with E-state index in [1.807, 2.05) is 24.3 Å². The summed E-state index contributed by atoms with van der Waals surface area (Å²) in [4.78, 5) is 4.63. The number of hydrogen-bond acceptors (Lipinski definition) is 5. The summed E-state index contributed by atoms with van der Waals surface area (Å²) < 4.78 is 12.0. The third kappa shape index (κ3) is 3.51. The van der Waals surface area contributed by atoms with E-state index in [9.17, 15) is 0 Å². The third-order valence-electron chi connectivity index (χ3n) is 3.94. The Hall–Kier alpha value is -0.950. The zero-order valence-corrected chi connectivity index (χ0v) is 14.7. The first-order chi connectivity index (χ1) is 10.2. The van der Waals surface area contributed by atoms with Crippen molar-refractivity contribution in [3.05, 3.63) is 34.6 Å². The topological polar surface area (TPSA) is 60.2 Å². The lowest BCUT2D eigenvalue weighted by molar-refractivity contribution is 0.0850. The first-order valence-corrected chi connectivity index (χ1v) is 7.83. The number of nitrogens with zero attached hydrogens (tertiary/aromatic N) is 2. The predicted octanol–water partition coefficient (Wildman–Crippen LogP) is 3.19. The van der Waals surface area contributed by atoms with Gasteiger partial charge in [0.25, 0.3) is 0 Å². The Kier molecular flexibility index (Phi) is 5.97. The summed E-state index contributed by atoms with van der Waals surface area (Å²) in [5, 5.41) is 7.51. The maximum atomic E-state index is 5.57. The average molecular weight is 389 g/mol. The van der Waals surface area contributed by atoms with Crippen molar-refractivity contribution in [1.82, 2.24) is 15.5 Å². The van der Waals surface area contributed by atoms with Gasteiger partial charge in [-0.1, -0.05) is 33.2 Å². The molecule has 3 rings (SSSR count). The fraction of sp³-hybridized carbons (Fsp3) is 0.467. The maximum Gasteiger partial charge on any atom is 0.235 e. The van der Waals surface area contributed by atoms with E-state index in [1.165, 1.54) is 0 Å². The van der Waals surface area contributed by atoms with Gasteiger partial charge in [0.1, 0.15) is 0 Å². The molecule has 2 heterocycles. The summed E-state index contributed by atoms with van der Waals surface area (Å²) in [5.74, 6) is 1.31. The molecule has 1 aliphatic rings. The molecule has 2 aromatic rings. The first-order valence-electron chi connectivity index (χ1n) is 7.03. The van der Waals surface area contributed by atoms with Gasteiger partial charge in [-0.25, -0.2) is 0 Å². The van der Waals surface area contributed by atoms with Gasteiger partial charge in [-0.2, -0.15) is 4.98 Å². The van der Waals surface area contributed by atoms with Crippen LogP contribution in [0.15, 0.2) is 33.3 Å². The summed E-state index contributed by atoms with van der Waals surface area (Å²) in [7, 11) is 1.72. The van der Waals surface area contributed by atoms with Crippen LogP contribution in [0.1, 0.15) is 18.7 Å². The highest BCUT2D eigenvalue weighted by atomic mass is 79.9. The standard InChI is InChI=1S/C15H18BrN3O2.ClH/c1-20-10-15(5-7-17-8-6-15)14-18-13(19-21-14)11-3-2-4-12(16)9-11;/h2-4,9,17H,5-8,10H2,1H3;1H. The van der Waals surface area contributed by atoms with Crippen molar-refractivity contribution in [3.8, 4) is 11.4 Å². The van der Waals surface area contributed by atoms with Crippen LogP contribution in [-0.2, 0) is 10.2 Å². The van der Waals surface area contributed by atoms with E-state index in [1.54, 1.807) is 7.11 Å². The van der Waals surface area contributed by atoms with Crippen LogP contribution in [0.5, 0.6) is 0 Å². The molecule has 120 valence electrons. The van der Waals surface area contributed by atoms with Crippen molar-refractivity contribution in [2.45, 2.75) is 18.3 Å². The number of methoxy groups -OCH3 is 1. The van der Waals surface area contributed by atoms with Gasteiger partial charge in [0.05, 0.1) is 12.0 Å². The normalized spacial score (nSPS) is 17.0. The maximum absolute atomic E-state index is 5.57. The number of ether oxygens (including phenoxy) is 1. The van der Waals surface area contributed by atoms with Crippen molar-refractivity contribution in [2.75, 3.05) is 26.8 Å². The van der Waals surface area contributed by atoms with Crippen LogP contribution in [0, 0.1) is 0 Å². The molecule has 0 bridgehead atoms. The molecule has 0 aliphatic carbocycles. The van der Waals surface area contributed by atoms with E-state index < -0.39 is 0 Å². The molecule has 0 unspecified atom stereocenters. The summed E-state index contributed by atoms with van der Waals surface area (Å²) in [6.07, 6.45) is 1.89. The minimum atomic E-state index is -0.169. The van der Waals surface area contributed by atoms with Crippen LogP contribution in [-0.4, -0.2) is 36.9 Å². The van der Waals surface area contributed by atoms with Gasteiger partial charge in [-0.3, -0.25) is 0 Å². The van der Waals surface area contributed by atoms with Gasteiger partial charge in [0.2, 0.25) is 11.7 Å². The molecular weight excluding hydrogens is 370 g/mol. The molecular formula is C15H19BrClN3O2. The SMILES string of the molecule is COCC1(c2nc(-c3cccc(Br)c3)no2)CCNCC1.Cl. The highest BCUT2D eigenvalue weighted by Crippen LogP contribution is 2.34. The zero-order chi connectivity index (χ0) is 14.7. The fourth-order valence-electron chi connectivity index (χ4n) is 2.79. The summed E-state index contributed by atoms with van der Waals surface area (Å²) >= 11 is 3.46. The third-order valence-corrected chi connectivity index (χ3v) is 4.44. The number of nitrogens with one attached hydrogen (secondary N) is 1. The average Bonchev–Trinajstić information content (AvgIpc) is 2.99. The second-order valence-corrected chi connectivity index (χ2v) is 6.31. The number of rotatable bonds is 4. The van der Waals surface area contributed by atoms with E-state index in [0.717, 1.165) is 36.0 Å². The molecule has 22 heavy (non-hydrogen) atoms. The van der Waals surface area contributed by atoms with Gasteiger partial charge in [0, 0.05) is 17.1 Å². The number of benzene rings is 1. The van der Waals surface area contributed by atoms with Crippen LogP contribution >= 0.6 is 28.3 Å². The molecule has 1 fully saturated rings. The van der Waals surface area contributed by atoms with Crippen molar-refractivity contribution < 1.29 is 9.26 Å². The van der Waals surface area contributed by atoms with Gasteiger partial charge in [-0.05, 0) is 38.1 Å². The Labute approximate surface area is 144 Å². The molecule has 1 aliphatic heterocycles. The Balaban J connectivity index is 0.00000176. The van der Waals surface area contributed by atoms with Crippen molar-refractivity contribution in [1.29, 1.82) is 0 Å². The van der Waals surface area contributed by atoms with Crippen LogP contribution in [0.3, 0.4) is 0 Å². The van der Waals surface area contributed by atoms with E-state index in [2.05, 4.69) is 31.4 Å². The smallest absolute Gasteiger partial charge is 0.235 e. The monoisotopic (exact) mass is 387 g/mol. The highest BCUT2D eigenvalue weighted by Gasteiger charge is 2.39. The van der Waals surface area contributed by atoms with Gasteiger partial charge in [-0.15, -0.1) is 12.4 Å². The second-order valence-electron chi connectivity index (χ2n) is 5.40. The Morgan fingerprint density at radius 3 is 2.82 bits per heavy atom. The highest BCUT2D eigenvalue weighted by molar-refractivity contribution is 9.10. The minimum Gasteiger partial charge on any atom is -0.384 e. The molecule has 0 atom stereocenters. The quantitative estimate of drug-likeness (QED) is 0.871. The number of hydrogen-bond donors (Lipinski definition) is 1. The van der Waals surface area contributed by atoms with Gasteiger partial charge in [0.15, 0.2) is 0 Å². The molecule has 1 saturated heterocycles. The molecule has 1 aromatic heterocycles. The van der Waals surface area contributed by atoms with Gasteiger partial charge >= 0.3 is 0 Å². The second kappa shape index (κ2) is 7.55. The van der Waals surface area contributed by atoms with Crippen LogP contribution in [0.2, 0.25) is 0 Å². The van der Waals surface area contributed by atoms with E-state index in [-0.39, 0.29) is 17.8 Å². The zero-order valence-electron chi connectivity index (χ0n) is 12.3. The number of piperidine rings is 1. The van der Waals surface area contributed by atoms with Crippen LogP contribution in [0.4, 0.5) is 0 Å². The Morgan fingerprint density at radius 1 is 1.36 bits per heavy atom. The molecule has 0 radical (unpaired) electrons. The van der Waals surface area contributed by atoms with Crippen LogP contribution in [0.25, 0.3) is 11.4 Å². The summed E-state index contributed by atoms with van der Waals surface area (Å²) in [6.45, 7) is 2.49. The Bertz CT molecular complexity index is 609. The van der Waals surface area contributed by atoms with E-state index in [0.29, 0.717) is 18.3 Å². The lowest BCUT2D eigenvalue weighted by Crippen LogP contribution is -2.43. The van der Waals surface area contributed by atoms with Crippen molar-refractivity contribution in [2.24, 2.45) is 0 Å². The molecule has 0 saturated carbocycles. The molecule has 5 nitrogen and oxygen atoms in total.